The van der Waals surface area contributed by atoms with Crippen molar-refractivity contribution in [2.45, 2.75) is 6.92 Å². The molecule has 0 saturated carbocycles. The molecule has 7 nitrogen and oxygen atoms in total. The standard InChI is InChI=1S/C20H15BrClN5O2/c1-13-17(20(22)27(26-13)16-5-3-2-4-6-16)11-24-25-19(28)12-29-18-8-7-15(21)9-14(18)10-23/h2-9,11H,12H2,1H3,(H,25,28). The van der Waals surface area contributed by atoms with Crippen molar-refractivity contribution in [2.75, 3.05) is 6.61 Å². The fraction of sp³-hybridized carbons (Fsp3) is 0.100. The number of hydrazone groups is 1. The molecular weight excluding hydrogens is 458 g/mol. The van der Waals surface area contributed by atoms with Crippen LogP contribution in [0.5, 0.6) is 5.75 Å². The monoisotopic (exact) mass is 471 g/mol. The lowest BCUT2D eigenvalue weighted by Crippen LogP contribution is -2.24. The minimum Gasteiger partial charge on any atom is -0.482 e. The number of nitrogens with one attached hydrogen (secondary N) is 1. The number of carbonyl (C=O) groups is 1. The number of hydrogen-bond donors (Lipinski definition) is 1. The number of benzene rings is 2. The Labute approximate surface area is 180 Å². The molecule has 0 atom stereocenters. The van der Waals surface area contributed by atoms with Gasteiger partial charge in [-0.1, -0.05) is 45.7 Å². The Morgan fingerprint density at radius 2 is 2.14 bits per heavy atom. The second kappa shape index (κ2) is 9.37. The number of amides is 1. The first-order valence-corrected chi connectivity index (χ1v) is 9.61. The quantitative estimate of drug-likeness (QED) is 0.433. The summed E-state index contributed by atoms with van der Waals surface area (Å²) in [7, 11) is 0. The lowest BCUT2D eigenvalue weighted by Gasteiger charge is -2.06. The number of hydrogen-bond acceptors (Lipinski definition) is 5. The summed E-state index contributed by atoms with van der Waals surface area (Å²) < 4.78 is 7.73. The summed E-state index contributed by atoms with van der Waals surface area (Å²) >= 11 is 9.68. The predicted octanol–water partition coefficient (Wildman–Crippen LogP) is 4.00. The van der Waals surface area contributed by atoms with Crippen LogP contribution in [0, 0.1) is 18.3 Å². The van der Waals surface area contributed by atoms with Crippen LogP contribution >= 0.6 is 27.5 Å². The zero-order valence-corrected chi connectivity index (χ0v) is 17.6. The lowest BCUT2D eigenvalue weighted by molar-refractivity contribution is -0.123. The molecule has 0 aliphatic carbocycles. The van der Waals surface area contributed by atoms with Gasteiger partial charge >= 0.3 is 0 Å². The van der Waals surface area contributed by atoms with E-state index in [1.807, 2.05) is 36.4 Å². The van der Waals surface area contributed by atoms with Gasteiger partial charge in [0.1, 0.15) is 17.0 Å². The summed E-state index contributed by atoms with van der Waals surface area (Å²) in [5.74, 6) is -0.157. The van der Waals surface area contributed by atoms with Gasteiger partial charge in [0.15, 0.2) is 6.61 Å². The van der Waals surface area contributed by atoms with Gasteiger partial charge in [0.2, 0.25) is 0 Å². The highest BCUT2D eigenvalue weighted by Crippen LogP contribution is 2.23. The second-order valence-electron chi connectivity index (χ2n) is 5.87. The maximum atomic E-state index is 12.0. The average Bonchev–Trinajstić information content (AvgIpc) is 3.01. The second-order valence-corrected chi connectivity index (χ2v) is 7.15. The number of ether oxygens (including phenoxy) is 1. The molecular formula is C20H15BrClN5O2. The molecule has 0 aliphatic rings. The van der Waals surface area contributed by atoms with Crippen LogP contribution in [0.15, 0.2) is 58.1 Å². The molecule has 0 saturated heterocycles. The van der Waals surface area contributed by atoms with Crippen molar-refractivity contribution in [3.05, 3.63) is 75.0 Å². The van der Waals surface area contributed by atoms with Crippen LogP contribution < -0.4 is 10.2 Å². The molecule has 3 aromatic rings. The first-order valence-electron chi connectivity index (χ1n) is 8.44. The fourth-order valence-electron chi connectivity index (χ4n) is 2.46. The van der Waals surface area contributed by atoms with E-state index in [1.54, 1.807) is 29.8 Å². The zero-order valence-electron chi connectivity index (χ0n) is 15.3. The number of carbonyl (C=O) groups excluding carboxylic acids is 1. The maximum absolute atomic E-state index is 12.0. The van der Waals surface area contributed by atoms with Gasteiger partial charge in [-0.15, -0.1) is 0 Å². The molecule has 1 N–H and O–H groups in total. The third-order valence-electron chi connectivity index (χ3n) is 3.85. The van der Waals surface area contributed by atoms with Gasteiger partial charge < -0.3 is 4.74 Å². The molecule has 3 rings (SSSR count). The van der Waals surface area contributed by atoms with E-state index < -0.39 is 5.91 Å². The van der Waals surface area contributed by atoms with Crippen molar-refractivity contribution < 1.29 is 9.53 Å². The van der Waals surface area contributed by atoms with Crippen molar-refractivity contribution >= 4 is 39.7 Å². The fourth-order valence-corrected chi connectivity index (χ4v) is 3.14. The highest BCUT2D eigenvalue weighted by Gasteiger charge is 2.13. The van der Waals surface area contributed by atoms with E-state index in [1.165, 1.54) is 6.21 Å². The van der Waals surface area contributed by atoms with Gasteiger partial charge in [-0.25, -0.2) is 10.1 Å². The molecule has 29 heavy (non-hydrogen) atoms. The Morgan fingerprint density at radius 1 is 1.38 bits per heavy atom. The largest absolute Gasteiger partial charge is 0.482 e. The third-order valence-corrected chi connectivity index (χ3v) is 4.71. The highest BCUT2D eigenvalue weighted by atomic mass is 79.9. The minimum atomic E-state index is -0.475. The van der Waals surface area contributed by atoms with Gasteiger partial charge in [0.25, 0.3) is 5.91 Å². The van der Waals surface area contributed by atoms with Crippen molar-refractivity contribution in [3.63, 3.8) is 0 Å². The molecule has 0 aliphatic heterocycles. The Kier molecular flexibility index (Phi) is 6.65. The normalized spacial score (nSPS) is 10.7. The molecule has 146 valence electrons. The van der Waals surface area contributed by atoms with Gasteiger partial charge in [0.05, 0.1) is 28.7 Å². The Bertz CT molecular complexity index is 1110. The van der Waals surface area contributed by atoms with E-state index in [0.29, 0.717) is 27.7 Å². The van der Waals surface area contributed by atoms with Crippen LogP contribution in [0.3, 0.4) is 0 Å². The topological polar surface area (TPSA) is 92.3 Å². The summed E-state index contributed by atoms with van der Waals surface area (Å²) in [4.78, 5) is 12.0. The molecule has 0 unspecified atom stereocenters. The number of halogens is 2. The number of rotatable bonds is 6. The van der Waals surface area contributed by atoms with Gasteiger partial charge in [-0.2, -0.15) is 15.5 Å². The van der Waals surface area contributed by atoms with E-state index in [4.69, 9.17) is 21.6 Å². The molecule has 0 bridgehead atoms. The Morgan fingerprint density at radius 3 is 2.86 bits per heavy atom. The molecule has 0 radical (unpaired) electrons. The summed E-state index contributed by atoms with van der Waals surface area (Å²) in [5.41, 5.74) is 4.78. The van der Waals surface area contributed by atoms with Crippen LogP contribution in [-0.4, -0.2) is 28.5 Å². The highest BCUT2D eigenvalue weighted by molar-refractivity contribution is 9.10. The average molecular weight is 473 g/mol. The van der Waals surface area contributed by atoms with Crippen LogP contribution in [0.2, 0.25) is 5.15 Å². The van der Waals surface area contributed by atoms with E-state index >= 15 is 0 Å². The number of nitriles is 1. The van der Waals surface area contributed by atoms with Crippen molar-refractivity contribution in [1.29, 1.82) is 5.26 Å². The van der Waals surface area contributed by atoms with Crippen LogP contribution in [0.4, 0.5) is 0 Å². The smallest absolute Gasteiger partial charge is 0.277 e. The van der Waals surface area contributed by atoms with Gasteiger partial charge in [-0.3, -0.25) is 4.79 Å². The molecule has 2 aromatic carbocycles. The van der Waals surface area contributed by atoms with Crippen LogP contribution in [-0.2, 0) is 4.79 Å². The van der Waals surface area contributed by atoms with Crippen LogP contribution in [0.1, 0.15) is 16.8 Å². The molecule has 1 amide bonds. The van der Waals surface area contributed by atoms with Crippen LogP contribution in [0.25, 0.3) is 5.69 Å². The molecule has 0 fully saturated rings. The van der Waals surface area contributed by atoms with E-state index in [2.05, 4.69) is 31.6 Å². The minimum absolute atomic E-state index is 0.288. The zero-order chi connectivity index (χ0) is 20.8. The van der Waals surface area contributed by atoms with Crippen molar-refractivity contribution in [2.24, 2.45) is 5.10 Å². The summed E-state index contributed by atoms with van der Waals surface area (Å²) in [6.45, 7) is 1.51. The number of aromatic nitrogens is 2. The maximum Gasteiger partial charge on any atom is 0.277 e. The van der Waals surface area contributed by atoms with E-state index in [-0.39, 0.29) is 6.61 Å². The Balaban J connectivity index is 1.63. The van der Waals surface area contributed by atoms with E-state index in [9.17, 15) is 4.79 Å². The molecule has 1 aromatic heterocycles. The number of para-hydroxylation sites is 1. The molecule has 1 heterocycles. The van der Waals surface area contributed by atoms with E-state index in [0.717, 1.165) is 10.2 Å². The predicted molar refractivity (Wildman–Crippen MR) is 113 cm³/mol. The van der Waals surface area contributed by atoms with Crippen molar-refractivity contribution in [1.82, 2.24) is 15.2 Å². The third kappa shape index (κ3) is 5.02. The first kappa shape index (κ1) is 20.6. The SMILES string of the molecule is Cc1nn(-c2ccccc2)c(Cl)c1C=NNC(=O)COc1ccc(Br)cc1C#N. The van der Waals surface area contributed by atoms with Gasteiger partial charge in [0, 0.05) is 4.47 Å². The Hall–Kier alpha value is -3.15. The summed E-state index contributed by atoms with van der Waals surface area (Å²) in [6.07, 6.45) is 1.43. The molecule has 0 spiro atoms. The van der Waals surface area contributed by atoms with Crippen molar-refractivity contribution in [3.8, 4) is 17.5 Å². The summed E-state index contributed by atoms with van der Waals surface area (Å²) in [6, 6.07) is 16.4. The molecule has 9 heteroatoms. The summed E-state index contributed by atoms with van der Waals surface area (Å²) in [5, 5.41) is 17.8. The first-order chi connectivity index (χ1) is 14.0. The lowest BCUT2D eigenvalue weighted by atomic mass is 10.2. The number of nitrogens with zero attached hydrogens (tertiary/aromatic N) is 4. The van der Waals surface area contributed by atoms with Gasteiger partial charge in [-0.05, 0) is 37.3 Å². The number of aryl methyl sites for hydroxylation is 1.